The number of para-hydroxylation sites is 1. The molecule has 4 N–H and O–H groups in total. The zero-order valence-corrected chi connectivity index (χ0v) is 16.1. The first-order valence-corrected chi connectivity index (χ1v) is 8.92. The van der Waals surface area contributed by atoms with Crippen LogP contribution >= 0.6 is 24.0 Å². The van der Waals surface area contributed by atoms with E-state index in [1.807, 2.05) is 24.3 Å². The van der Waals surface area contributed by atoms with E-state index >= 15 is 0 Å². The average Bonchev–Trinajstić information content (AvgIpc) is 2.52. The predicted molar refractivity (Wildman–Crippen MR) is 102 cm³/mol. The molecule has 23 heavy (non-hydrogen) atoms. The van der Waals surface area contributed by atoms with E-state index in [2.05, 4.69) is 15.0 Å². The minimum absolute atomic E-state index is 0. The summed E-state index contributed by atoms with van der Waals surface area (Å²) in [5.41, 5.74) is 6.92. The highest BCUT2D eigenvalue weighted by atomic mass is 127. The van der Waals surface area contributed by atoms with Crippen LogP contribution in [0, 0.1) is 0 Å². The molecule has 1 atom stereocenters. The topological polar surface area (TPSA) is 106 Å². The van der Waals surface area contributed by atoms with Gasteiger partial charge in [-0.2, -0.15) is 0 Å². The molecule has 0 saturated carbocycles. The second-order valence-electron chi connectivity index (χ2n) is 4.94. The lowest BCUT2D eigenvalue weighted by Gasteiger charge is -2.26. The first kappa shape index (κ1) is 20.0. The fourth-order valence-corrected chi connectivity index (χ4v) is 2.80. The summed E-state index contributed by atoms with van der Waals surface area (Å²) >= 11 is 0. The predicted octanol–water partition coefficient (Wildman–Crippen LogP) is 0.972. The molecule has 1 unspecified atom stereocenters. The van der Waals surface area contributed by atoms with Crippen LogP contribution < -0.4 is 20.5 Å². The van der Waals surface area contributed by atoms with Gasteiger partial charge in [-0.25, -0.2) is 13.1 Å². The summed E-state index contributed by atoms with van der Waals surface area (Å²) in [6.45, 7) is 2.74. The summed E-state index contributed by atoms with van der Waals surface area (Å²) in [6.07, 6.45) is 0.801. The number of halogens is 1. The number of nitrogens with zero attached hydrogens (tertiary/aromatic N) is 1. The van der Waals surface area contributed by atoms with Gasteiger partial charge in [-0.1, -0.05) is 18.2 Å². The summed E-state index contributed by atoms with van der Waals surface area (Å²) in [7, 11) is -3.18. The zero-order valence-electron chi connectivity index (χ0n) is 13.0. The third-order valence-corrected chi connectivity index (χ3v) is 4.78. The standard InChI is InChI=1S/C14H22N4O3S.HI/c1-2-22(19,20)17-9-8-16-14(15)18-12-7-10-21-13-6-4-3-5-11(12)13;/h3-6,12,17H,2,7-10H2,1H3,(H3,15,16,18);1H. The van der Waals surface area contributed by atoms with E-state index in [1.165, 1.54) is 0 Å². The maximum Gasteiger partial charge on any atom is 0.211 e. The Hall–Kier alpha value is -1.07. The number of aliphatic imine (C=N–C) groups is 1. The van der Waals surface area contributed by atoms with E-state index in [-0.39, 0.29) is 42.3 Å². The maximum absolute atomic E-state index is 11.3. The highest BCUT2D eigenvalue weighted by molar-refractivity contribution is 14.0. The van der Waals surface area contributed by atoms with Crippen LogP contribution in [0.5, 0.6) is 5.75 Å². The van der Waals surface area contributed by atoms with Crippen LogP contribution in [0.4, 0.5) is 0 Å². The fraction of sp³-hybridized carbons (Fsp3) is 0.500. The molecule has 0 bridgehead atoms. The number of fused-ring (bicyclic) bond motifs is 1. The van der Waals surface area contributed by atoms with Crippen LogP contribution in [0.2, 0.25) is 0 Å². The molecule has 0 fully saturated rings. The van der Waals surface area contributed by atoms with Crippen molar-refractivity contribution in [1.82, 2.24) is 10.0 Å². The van der Waals surface area contributed by atoms with Crippen LogP contribution in [0.3, 0.4) is 0 Å². The van der Waals surface area contributed by atoms with Crippen LogP contribution in [0.1, 0.15) is 24.9 Å². The van der Waals surface area contributed by atoms with E-state index < -0.39 is 10.0 Å². The van der Waals surface area contributed by atoms with Gasteiger partial charge >= 0.3 is 0 Å². The van der Waals surface area contributed by atoms with E-state index in [9.17, 15) is 8.42 Å². The number of guanidine groups is 1. The lowest BCUT2D eigenvalue weighted by Crippen LogP contribution is -2.38. The highest BCUT2D eigenvalue weighted by Crippen LogP contribution is 2.31. The fourth-order valence-electron chi connectivity index (χ4n) is 2.20. The first-order chi connectivity index (χ1) is 10.5. The van der Waals surface area contributed by atoms with Gasteiger partial charge in [-0.15, -0.1) is 24.0 Å². The van der Waals surface area contributed by atoms with Crippen molar-refractivity contribution in [3.8, 4) is 5.75 Å². The number of nitrogens with two attached hydrogens (primary N) is 1. The summed E-state index contributed by atoms with van der Waals surface area (Å²) in [6, 6.07) is 7.86. The summed E-state index contributed by atoms with van der Waals surface area (Å²) in [4.78, 5) is 4.14. The number of ether oxygens (including phenoxy) is 1. The minimum Gasteiger partial charge on any atom is -0.493 e. The molecule has 9 heteroatoms. The van der Waals surface area contributed by atoms with Crippen LogP contribution in [0.15, 0.2) is 29.3 Å². The summed E-state index contributed by atoms with van der Waals surface area (Å²) in [5, 5.41) is 3.16. The molecule has 0 saturated heterocycles. The van der Waals surface area contributed by atoms with Gasteiger partial charge in [0.2, 0.25) is 10.0 Å². The molecule has 0 radical (unpaired) electrons. The van der Waals surface area contributed by atoms with Crippen molar-refractivity contribution in [1.29, 1.82) is 0 Å². The Morgan fingerprint density at radius 1 is 1.43 bits per heavy atom. The van der Waals surface area contributed by atoms with E-state index in [1.54, 1.807) is 6.92 Å². The molecule has 0 aromatic heterocycles. The third kappa shape index (κ3) is 6.15. The molecule has 130 valence electrons. The molecule has 7 nitrogen and oxygen atoms in total. The van der Waals surface area contributed by atoms with Gasteiger partial charge in [-0.3, -0.25) is 4.99 Å². The Kier molecular flexibility index (Phi) is 8.06. The average molecular weight is 454 g/mol. The van der Waals surface area contributed by atoms with Gasteiger partial charge in [0.05, 0.1) is 24.9 Å². The van der Waals surface area contributed by atoms with E-state index in [4.69, 9.17) is 10.5 Å². The normalized spacial score (nSPS) is 17.6. The Labute approximate surface area is 154 Å². The number of sulfonamides is 1. The van der Waals surface area contributed by atoms with Gasteiger partial charge < -0.3 is 15.8 Å². The van der Waals surface area contributed by atoms with Gasteiger partial charge in [0.25, 0.3) is 0 Å². The van der Waals surface area contributed by atoms with Gasteiger partial charge in [0, 0.05) is 18.5 Å². The van der Waals surface area contributed by atoms with E-state index in [0.717, 1.165) is 17.7 Å². The molecule has 0 amide bonds. The van der Waals surface area contributed by atoms with Crippen molar-refractivity contribution in [3.63, 3.8) is 0 Å². The summed E-state index contributed by atoms with van der Waals surface area (Å²) < 4.78 is 30.6. The SMILES string of the molecule is CCS(=O)(=O)NCCN=C(N)NC1CCOc2ccccc21.I. The third-order valence-electron chi connectivity index (χ3n) is 3.38. The Morgan fingerprint density at radius 3 is 2.91 bits per heavy atom. The molecule has 2 rings (SSSR count). The van der Waals surface area contributed by atoms with Crippen molar-refractivity contribution >= 4 is 40.0 Å². The second-order valence-corrected chi connectivity index (χ2v) is 7.03. The number of hydrogen-bond donors (Lipinski definition) is 3. The highest BCUT2D eigenvalue weighted by Gasteiger charge is 2.21. The molecule has 1 aromatic rings. The monoisotopic (exact) mass is 454 g/mol. The van der Waals surface area contributed by atoms with E-state index in [0.29, 0.717) is 19.1 Å². The van der Waals surface area contributed by atoms with Crippen LogP contribution in [-0.4, -0.2) is 39.8 Å². The molecular weight excluding hydrogens is 431 g/mol. The molecular formula is C14H23IN4O3S. The lowest BCUT2D eigenvalue weighted by atomic mass is 10.0. The molecule has 0 spiro atoms. The molecule has 1 aliphatic heterocycles. The molecule has 1 heterocycles. The Morgan fingerprint density at radius 2 is 2.17 bits per heavy atom. The minimum atomic E-state index is -3.18. The zero-order chi connectivity index (χ0) is 16.0. The van der Waals surface area contributed by atoms with Gasteiger partial charge in [0.15, 0.2) is 5.96 Å². The lowest BCUT2D eigenvalue weighted by molar-refractivity contribution is 0.262. The first-order valence-electron chi connectivity index (χ1n) is 7.27. The number of benzene rings is 1. The van der Waals surface area contributed by atoms with Crippen molar-refractivity contribution in [2.45, 2.75) is 19.4 Å². The number of rotatable bonds is 6. The second kappa shape index (κ2) is 9.28. The number of hydrogen-bond acceptors (Lipinski definition) is 4. The van der Waals surface area contributed by atoms with Gasteiger partial charge in [0.1, 0.15) is 5.75 Å². The maximum atomic E-state index is 11.3. The van der Waals surface area contributed by atoms with Crippen molar-refractivity contribution in [2.75, 3.05) is 25.4 Å². The quantitative estimate of drug-likeness (QED) is 0.257. The number of nitrogens with one attached hydrogen (secondary N) is 2. The van der Waals surface area contributed by atoms with Gasteiger partial charge in [-0.05, 0) is 13.0 Å². The van der Waals surface area contributed by atoms with Crippen LogP contribution in [-0.2, 0) is 10.0 Å². The van der Waals surface area contributed by atoms with Crippen molar-refractivity contribution < 1.29 is 13.2 Å². The van der Waals surface area contributed by atoms with Crippen molar-refractivity contribution in [3.05, 3.63) is 29.8 Å². The smallest absolute Gasteiger partial charge is 0.211 e. The van der Waals surface area contributed by atoms with Crippen LogP contribution in [0.25, 0.3) is 0 Å². The summed E-state index contributed by atoms with van der Waals surface area (Å²) in [5.74, 6) is 1.22. The Bertz CT molecular complexity index is 637. The Balaban J connectivity index is 0.00000264. The van der Waals surface area contributed by atoms with Crippen molar-refractivity contribution in [2.24, 2.45) is 10.7 Å². The molecule has 0 aliphatic carbocycles. The molecule has 1 aliphatic rings. The largest absolute Gasteiger partial charge is 0.493 e. The molecule has 1 aromatic carbocycles.